The summed E-state index contributed by atoms with van der Waals surface area (Å²) in [5.74, 6) is 0.0244. The summed E-state index contributed by atoms with van der Waals surface area (Å²) in [6, 6.07) is 5.33. The molecule has 9 heteroatoms. The van der Waals surface area contributed by atoms with E-state index in [0.29, 0.717) is 10.6 Å². The van der Waals surface area contributed by atoms with E-state index in [-0.39, 0.29) is 23.0 Å². The van der Waals surface area contributed by atoms with Crippen molar-refractivity contribution in [2.75, 3.05) is 0 Å². The molecule has 0 bridgehead atoms. The molecule has 0 saturated heterocycles. The van der Waals surface area contributed by atoms with Crippen LogP contribution >= 0.6 is 22.9 Å². The average Bonchev–Trinajstić information content (AvgIpc) is 2.85. The van der Waals surface area contributed by atoms with Crippen molar-refractivity contribution in [3.05, 3.63) is 60.5 Å². The minimum Gasteiger partial charge on any atom is -0.482 e. The van der Waals surface area contributed by atoms with Crippen molar-refractivity contribution >= 4 is 33.6 Å². The topological polar surface area (TPSA) is 95.5 Å². The number of nitro benzene ring substituents is 1. The van der Waals surface area contributed by atoms with Gasteiger partial charge in [0.1, 0.15) is 6.61 Å². The normalized spacial score (nSPS) is 10.2. The fourth-order valence-corrected chi connectivity index (χ4v) is 2.33. The number of hydrogen-bond acceptors (Lipinski definition) is 6. The highest BCUT2D eigenvalue weighted by atomic mass is 35.5. The third-order valence-corrected chi connectivity index (χ3v) is 3.50. The molecule has 0 aliphatic rings. The third kappa shape index (κ3) is 3.22. The number of thiophene rings is 1. The Balaban J connectivity index is 2.15. The Morgan fingerprint density at radius 3 is 2.55 bits per heavy atom. The molecular weight excluding hydrogens is 308 g/mol. The summed E-state index contributed by atoms with van der Waals surface area (Å²) >= 11 is 6.73. The molecule has 0 N–H and O–H groups in total. The molecule has 0 saturated carbocycles. The summed E-state index contributed by atoms with van der Waals surface area (Å²) in [5, 5.41) is 23.2. The minimum atomic E-state index is -0.582. The molecule has 0 aliphatic heterocycles. The molecule has 2 aromatic rings. The van der Waals surface area contributed by atoms with Gasteiger partial charge in [-0.15, -0.1) is 0 Å². The molecular formula is C11H7ClN2O5S. The van der Waals surface area contributed by atoms with Crippen LogP contribution in [0.3, 0.4) is 0 Å². The summed E-state index contributed by atoms with van der Waals surface area (Å²) in [6.07, 6.45) is 0. The second-order valence-corrected chi connectivity index (χ2v) is 5.03. The highest BCUT2D eigenvalue weighted by Gasteiger charge is 2.16. The van der Waals surface area contributed by atoms with Crippen molar-refractivity contribution < 1.29 is 14.6 Å². The van der Waals surface area contributed by atoms with Crippen LogP contribution in [-0.4, -0.2) is 9.85 Å². The van der Waals surface area contributed by atoms with Crippen molar-refractivity contribution in [2.24, 2.45) is 0 Å². The van der Waals surface area contributed by atoms with Gasteiger partial charge in [0.2, 0.25) is 0 Å². The summed E-state index contributed by atoms with van der Waals surface area (Å²) in [5.41, 5.74) is 0.357. The molecule has 1 aromatic carbocycles. The van der Waals surface area contributed by atoms with E-state index in [0.717, 1.165) is 11.3 Å². The van der Waals surface area contributed by atoms with Gasteiger partial charge in [-0.2, -0.15) is 0 Å². The molecule has 0 amide bonds. The number of nitro groups is 2. The number of ether oxygens (including phenoxy) is 1. The van der Waals surface area contributed by atoms with Gasteiger partial charge in [-0.05, 0) is 6.07 Å². The van der Waals surface area contributed by atoms with Crippen LogP contribution in [0.15, 0.2) is 29.6 Å². The van der Waals surface area contributed by atoms with E-state index in [2.05, 4.69) is 0 Å². The summed E-state index contributed by atoms with van der Waals surface area (Å²) in [7, 11) is 0. The SMILES string of the molecule is O=[N+]([O-])c1cc(COc2cc(Cl)ccc2[N+](=O)[O-])cs1. The second kappa shape index (κ2) is 5.85. The summed E-state index contributed by atoms with van der Waals surface area (Å²) in [6.45, 7) is -0.00841. The van der Waals surface area contributed by atoms with Crippen LogP contribution in [0.5, 0.6) is 5.75 Å². The number of rotatable bonds is 5. The molecule has 1 aromatic heterocycles. The van der Waals surface area contributed by atoms with Gasteiger partial charge < -0.3 is 4.74 Å². The van der Waals surface area contributed by atoms with Gasteiger partial charge in [0.25, 0.3) is 0 Å². The van der Waals surface area contributed by atoms with E-state index >= 15 is 0 Å². The average molecular weight is 315 g/mol. The Kier molecular flexibility index (Phi) is 4.16. The van der Waals surface area contributed by atoms with E-state index in [1.54, 1.807) is 5.38 Å². The van der Waals surface area contributed by atoms with Crippen LogP contribution in [-0.2, 0) is 6.61 Å². The van der Waals surface area contributed by atoms with Gasteiger partial charge in [0.15, 0.2) is 5.75 Å². The predicted molar refractivity (Wildman–Crippen MR) is 73.4 cm³/mol. The summed E-state index contributed by atoms with van der Waals surface area (Å²) in [4.78, 5) is 20.3. The van der Waals surface area contributed by atoms with Crippen LogP contribution in [0.25, 0.3) is 0 Å². The first-order valence-corrected chi connectivity index (χ1v) is 6.51. The van der Waals surface area contributed by atoms with Gasteiger partial charge in [0, 0.05) is 34.2 Å². The number of nitrogens with zero attached hydrogens (tertiary/aromatic N) is 2. The van der Waals surface area contributed by atoms with Crippen LogP contribution in [0.2, 0.25) is 5.02 Å². The quantitative estimate of drug-likeness (QED) is 0.617. The molecule has 2 rings (SSSR count). The molecule has 0 radical (unpaired) electrons. The standard InChI is InChI=1S/C11H7ClN2O5S/c12-8-1-2-9(13(15)16)10(4-8)19-5-7-3-11(14(17)18)20-6-7/h1-4,6H,5H2. The Morgan fingerprint density at radius 1 is 1.20 bits per heavy atom. The predicted octanol–water partition coefficient (Wildman–Crippen LogP) is 3.80. The molecule has 0 unspecified atom stereocenters. The maximum absolute atomic E-state index is 10.8. The molecule has 1 heterocycles. The van der Waals surface area contributed by atoms with E-state index < -0.39 is 9.85 Å². The lowest BCUT2D eigenvalue weighted by molar-refractivity contribution is -0.385. The van der Waals surface area contributed by atoms with E-state index in [1.165, 1.54) is 24.3 Å². The maximum Gasteiger partial charge on any atom is 0.324 e. The number of benzene rings is 1. The maximum atomic E-state index is 10.8. The largest absolute Gasteiger partial charge is 0.482 e. The van der Waals surface area contributed by atoms with E-state index in [4.69, 9.17) is 16.3 Å². The zero-order valence-corrected chi connectivity index (χ0v) is 11.4. The monoisotopic (exact) mass is 314 g/mol. The van der Waals surface area contributed by atoms with Crippen molar-refractivity contribution in [2.45, 2.75) is 6.61 Å². The number of hydrogen-bond donors (Lipinski definition) is 0. The molecule has 0 atom stereocenters. The van der Waals surface area contributed by atoms with E-state index in [9.17, 15) is 20.2 Å². The highest BCUT2D eigenvalue weighted by molar-refractivity contribution is 7.13. The molecule has 20 heavy (non-hydrogen) atoms. The van der Waals surface area contributed by atoms with Gasteiger partial charge in [0.05, 0.1) is 9.85 Å². The van der Waals surface area contributed by atoms with Gasteiger partial charge in [-0.1, -0.05) is 22.9 Å². The smallest absolute Gasteiger partial charge is 0.324 e. The van der Waals surface area contributed by atoms with Crippen LogP contribution < -0.4 is 4.74 Å². The van der Waals surface area contributed by atoms with Crippen molar-refractivity contribution in [1.29, 1.82) is 0 Å². The fraction of sp³-hybridized carbons (Fsp3) is 0.0909. The lowest BCUT2D eigenvalue weighted by atomic mass is 10.3. The molecule has 0 spiro atoms. The third-order valence-electron chi connectivity index (χ3n) is 2.33. The molecule has 104 valence electrons. The Bertz CT molecular complexity index is 673. The van der Waals surface area contributed by atoms with Crippen LogP contribution in [0.4, 0.5) is 10.7 Å². The summed E-state index contributed by atoms with van der Waals surface area (Å²) < 4.78 is 5.32. The molecule has 0 aliphatic carbocycles. The van der Waals surface area contributed by atoms with Gasteiger partial charge in [-0.25, -0.2) is 0 Å². The first kappa shape index (κ1) is 14.2. The van der Waals surface area contributed by atoms with Crippen molar-refractivity contribution in [3.63, 3.8) is 0 Å². The van der Waals surface area contributed by atoms with Crippen molar-refractivity contribution in [1.82, 2.24) is 0 Å². The number of halogens is 1. The lowest BCUT2D eigenvalue weighted by Crippen LogP contribution is -1.98. The molecule has 7 nitrogen and oxygen atoms in total. The fourth-order valence-electron chi connectivity index (χ4n) is 1.45. The zero-order chi connectivity index (χ0) is 14.7. The lowest BCUT2D eigenvalue weighted by Gasteiger charge is -2.05. The van der Waals surface area contributed by atoms with Gasteiger partial charge in [-0.3, -0.25) is 20.2 Å². The Morgan fingerprint density at radius 2 is 1.95 bits per heavy atom. The Labute approximate surface area is 121 Å². The van der Waals surface area contributed by atoms with Crippen LogP contribution in [0, 0.1) is 20.2 Å². The van der Waals surface area contributed by atoms with Crippen molar-refractivity contribution in [3.8, 4) is 5.75 Å². The highest BCUT2D eigenvalue weighted by Crippen LogP contribution is 2.31. The first-order valence-electron chi connectivity index (χ1n) is 5.26. The van der Waals surface area contributed by atoms with Crippen LogP contribution in [0.1, 0.15) is 5.56 Å². The first-order chi connectivity index (χ1) is 9.47. The second-order valence-electron chi connectivity index (χ2n) is 3.71. The minimum absolute atomic E-state index is 0.00841. The molecule has 0 fully saturated rings. The Hall–Kier alpha value is -2.19. The van der Waals surface area contributed by atoms with Gasteiger partial charge >= 0.3 is 10.7 Å². The zero-order valence-electron chi connectivity index (χ0n) is 9.82. The van der Waals surface area contributed by atoms with E-state index in [1.807, 2.05) is 0 Å².